The Balaban J connectivity index is 1.61. The molecule has 1 saturated carbocycles. The molecule has 0 radical (unpaired) electrons. The summed E-state index contributed by atoms with van der Waals surface area (Å²) in [6, 6.07) is 14.7. The monoisotopic (exact) mass is 362 g/mol. The van der Waals surface area contributed by atoms with Crippen LogP contribution in [-0.4, -0.2) is 39.6 Å². The van der Waals surface area contributed by atoms with Crippen LogP contribution in [0.1, 0.15) is 63.3 Å². The van der Waals surface area contributed by atoms with Crippen LogP contribution in [0.2, 0.25) is 0 Å². The third-order valence-corrected chi connectivity index (χ3v) is 5.13. The molecule has 1 aliphatic heterocycles. The van der Waals surface area contributed by atoms with E-state index in [1.165, 1.54) is 4.90 Å². The standard InChI is InChI=1S/C22H22N2O3/c1-14(2)24(17-9-10-17)20(25)16-8-11-18-19(12-16)22(27)23(21(18)26)13-15-6-4-3-5-7-15/h3-8,11-12,14,17H,9-10,13H2,1-2H3. The fourth-order valence-electron chi connectivity index (χ4n) is 3.66. The Morgan fingerprint density at radius 3 is 2.33 bits per heavy atom. The Kier molecular flexibility index (Phi) is 4.30. The SMILES string of the molecule is CC(C)N(C(=O)c1ccc2c(c1)C(=O)N(Cc1ccccc1)C2=O)C1CC1. The number of hydrogen-bond donors (Lipinski definition) is 0. The predicted molar refractivity (Wildman–Crippen MR) is 101 cm³/mol. The van der Waals surface area contributed by atoms with Gasteiger partial charge in [-0.1, -0.05) is 30.3 Å². The quantitative estimate of drug-likeness (QED) is 0.765. The van der Waals surface area contributed by atoms with Gasteiger partial charge >= 0.3 is 0 Å². The van der Waals surface area contributed by atoms with Gasteiger partial charge in [-0.2, -0.15) is 0 Å². The maximum absolute atomic E-state index is 12.9. The van der Waals surface area contributed by atoms with Crippen molar-refractivity contribution in [1.29, 1.82) is 0 Å². The lowest BCUT2D eigenvalue weighted by Gasteiger charge is -2.26. The third-order valence-electron chi connectivity index (χ3n) is 5.13. The highest BCUT2D eigenvalue weighted by Crippen LogP contribution is 2.31. The second-order valence-corrected chi connectivity index (χ2v) is 7.48. The number of carbonyl (C=O) groups excluding carboxylic acids is 3. The van der Waals surface area contributed by atoms with Crippen LogP contribution >= 0.6 is 0 Å². The van der Waals surface area contributed by atoms with Crippen molar-refractivity contribution in [3.63, 3.8) is 0 Å². The van der Waals surface area contributed by atoms with E-state index in [1.54, 1.807) is 18.2 Å². The van der Waals surface area contributed by atoms with Crippen LogP contribution in [-0.2, 0) is 6.54 Å². The molecule has 0 bridgehead atoms. The molecule has 27 heavy (non-hydrogen) atoms. The van der Waals surface area contributed by atoms with Crippen LogP contribution in [0, 0.1) is 0 Å². The van der Waals surface area contributed by atoms with Gasteiger partial charge in [-0.3, -0.25) is 19.3 Å². The van der Waals surface area contributed by atoms with Crippen molar-refractivity contribution in [2.75, 3.05) is 0 Å². The molecule has 0 spiro atoms. The Bertz CT molecular complexity index is 914. The number of hydrogen-bond acceptors (Lipinski definition) is 3. The minimum absolute atomic E-state index is 0.0722. The second-order valence-electron chi connectivity index (χ2n) is 7.48. The molecule has 4 rings (SSSR count). The second kappa shape index (κ2) is 6.65. The van der Waals surface area contributed by atoms with Gasteiger partial charge in [0.2, 0.25) is 0 Å². The van der Waals surface area contributed by atoms with E-state index in [4.69, 9.17) is 0 Å². The highest BCUT2D eigenvalue weighted by molar-refractivity contribution is 6.22. The molecular weight excluding hydrogens is 340 g/mol. The van der Waals surface area contributed by atoms with E-state index in [1.807, 2.05) is 49.1 Å². The molecule has 2 aliphatic rings. The van der Waals surface area contributed by atoms with Gasteiger partial charge < -0.3 is 4.90 Å². The zero-order valence-electron chi connectivity index (χ0n) is 15.5. The van der Waals surface area contributed by atoms with Crippen molar-refractivity contribution in [2.24, 2.45) is 0 Å². The minimum Gasteiger partial charge on any atom is -0.333 e. The summed E-state index contributed by atoms with van der Waals surface area (Å²) in [6.07, 6.45) is 2.05. The first-order valence-corrected chi connectivity index (χ1v) is 9.34. The number of imide groups is 1. The molecule has 138 valence electrons. The van der Waals surface area contributed by atoms with Crippen molar-refractivity contribution < 1.29 is 14.4 Å². The molecule has 1 aliphatic carbocycles. The Morgan fingerprint density at radius 1 is 1.04 bits per heavy atom. The Morgan fingerprint density at radius 2 is 1.70 bits per heavy atom. The lowest BCUT2D eigenvalue weighted by molar-refractivity contribution is 0.0641. The van der Waals surface area contributed by atoms with Crippen molar-refractivity contribution in [1.82, 2.24) is 9.80 Å². The molecule has 3 amide bonds. The van der Waals surface area contributed by atoms with E-state index in [-0.39, 0.29) is 36.3 Å². The van der Waals surface area contributed by atoms with Crippen molar-refractivity contribution in [3.05, 3.63) is 70.8 Å². The molecule has 1 heterocycles. The van der Waals surface area contributed by atoms with Crippen molar-refractivity contribution in [2.45, 2.75) is 45.3 Å². The molecule has 0 aromatic heterocycles. The molecule has 2 aromatic rings. The van der Waals surface area contributed by atoms with E-state index < -0.39 is 0 Å². The summed E-state index contributed by atoms with van der Waals surface area (Å²) in [6.45, 7) is 4.23. The van der Waals surface area contributed by atoms with Gasteiger partial charge in [-0.15, -0.1) is 0 Å². The Labute approximate surface area is 158 Å². The van der Waals surface area contributed by atoms with Crippen LogP contribution in [0.15, 0.2) is 48.5 Å². The van der Waals surface area contributed by atoms with E-state index in [0.717, 1.165) is 18.4 Å². The zero-order chi connectivity index (χ0) is 19.1. The minimum atomic E-state index is -0.337. The molecule has 1 fully saturated rings. The summed E-state index contributed by atoms with van der Waals surface area (Å²) < 4.78 is 0. The van der Waals surface area contributed by atoms with Crippen LogP contribution < -0.4 is 0 Å². The molecule has 5 heteroatoms. The highest BCUT2D eigenvalue weighted by atomic mass is 16.2. The molecule has 5 nitrogen and oxygen atoms in total. The number of carbonyl (C=O) groups is 3. The average molecular weight is 362 g/mol. The molecule has 0 atom stereocenters. The first kappa shape index (κ1) is 17.5. The van der Waals surface area contributed by atoms with Gasteiger partial charge in [0.25, 0.3) is 17.7 Å². The number of rotatable bonds is 5. The summed E-state index contributed by atoms with van der Waals surface area (Å²) in [5, 5.41) is 0. The average Bonchev–Trinajstić information content (AvgIpc) is 3.46. The summed E-state index contributed by atoms with van der Waals surface area (Å²) in [5.41, 5.74) is 2.05. The van der Waals surface area contributed by atoms with Gasteiger partial charge in [0.15, 0.2) is 0 Å². The first-order valence-electron chi connectivity index (χ1n) is 9.34. The van der Waals surface area contributed by atoms with Crippen molar-refractivity contribution in [3.8, 4) is 0 Å². The van der Waals surface area contributed by atoms with Gasteiger partial charge in [0.1, 0.15) is 0 Å². The molecule has 0 unspecified atom stereocenters. The molecule has 0 N–H and O–H groups in total. The number of fused-ring (bicyclic) bond motifs is 1. The molecule has 0 saturated heterocycles. The first-order chi connectivity index (χ1) is 13.0. The predicted octanol–water partition coefficient (Wildman–Crippen LogP) is 3.50. The lowest BCUT2D eigenvalue weighted by Crippen LogP contribution is -2.38. The van der Waals surface area contributed by atoms with E-state index in [9.17, 15) is 14.4 Å². The maximum atomic E-state index is 12.9. The van der Waals surface area contributed by atoms with E-state index >= 15 is 0 Å². The topological polar surface area (TPSA) is 57.7 Å². The largest absolute Gasteiger partial charge is 0.333 e. The smallest absolute Gasteiger partial charge is 0.261 e. The fourth-order valence-corrected chi connectivity index (χ4v) is 3.66. The van der Waals surface area contributed by atoms with E-state index in [0.29, 0.717) is 16.7 Å². The van der Waals surface area contributed by atoms with Crippen LogP contribution in [0.3, 0.4) is 0 Å². The zero-order valence-corrected chi connectivity index (χ0v) is 15.5. The molecular formula is C22H22N2O3. The number of nitrogens with zero attached hydrogens (tertiary/aromatic N) is 2. The van der Waals surface area contributed by atoms with Crippen molar-refractivity contribution >= 4 is 17.7 Å². The van der Waals surface area contributed by atoms with Crippen LogP contribution in [0.25, 0.3) is 0 Å². The summed E-state index contributed by atoms with van der Waals surface area (Å²) in [7, 11) is 0. The van der Waals surface area contributed by atoms with Crippen LogP contribution in [0.4, 0.5) is 0 Å². The summed E-state index contributed by atoms with van der Waals surface area (Å²) >= 11 is 0. The Hall–Kier alpha value is -2.95. The van der Waals surface area contributed by atoms with Gasteiger partial charge in [-0.25, -0.2) is 0 Å². The summed E-state index contributed by atoms with van der Waals surface area (Å²) in [4.78, 5) is 41.5. The van der Waals surface area contributed by atoms with Gasteiger partial charge in [-0.05, 0) is 50.5 Å². The van der Waals surface area contributed by atoms with Gasteiger partial charge in [0, 0.05) is 17.6 Å². The molecule has 2 aromatic carbocycles. The normalized spacial score (nSPS) is 16.0. The van der Waals surface area contributed by atoms with E-state index in [2.05, 4.69) is 0 Å². The number of amides is 3. The highest BCUT2D eigenvalue weighted by Gasteiger charge is 2.38. The van der Waals surface area contributed by atoms with Gasteiger partial charge in [0.05, 0.1) is 17.7 Å². The third kappa shape index (κ3) is 3.14. The summed E-state index contributed by atoms with van der Waals surface area (Å²) in [5.74, 6) is -0.714. The number of benzene rings is 2. The van der Waals surface area contributed by atoms with Crippen LogP contribution in [0.5, 0.6) is 0 Å². The fraction of sp³-hybridized carbons (Fsp3) is 0.318. The maximum Gasteiger partial charge on any atom is 0.261 e. The lowest BCUT2D eigenvalue weighted by atomic mass is 10.0.